The first-order valence-electron chi connectivity index (χ1n) is 7.69. The second-order valence-corrected chi connectivity index (χ2v) is 7.06. The third-order valence-corrected chi connectivity index (χ3v) is 4.93. The summed E-state index contributed by atoms with van der Waals surface area (Å²) in [5.41, 5.74) is 3.23. The van der Waals surface area contributed by atoms with Crippen molar-refractivity contribution in [2.24, 2.45) is 0 Å². The number of hydrogen-bond donors (Lipinski definition) is 1. The molecule has 0 unspecified atom stereocenters. The van der Waals surface area contributed by atoms with Crippen LogP contribution in [0.15, 0.2) is 58.5 Å². The van der Waals surface area contributed by atoms with Crippen LogP contribution >= 0.6 is 23.4 Å². The molecule has 0 atom stereocenters. The number of benzene rings is 2. The molecule has 128 valence electrons. The molecule has 0 aliphatic heterocycles. The Labute approximate surface area is 154 Å². The predicted molar refractivity (Wildman–Crippen MR) is 101 cm³/mol. The molecule has 1 aromatic heterocycles. The Hall–Kier alpha value is -2.31. The fourth-order valence-electron chi connectivity index (χ4n) is 2.37. The zero-order valence-electron chi connectivity index (χ0n) is 13.6. The summed E-state index contributed by atoms with van der Waals surface area (Å²) in [5, 5.41) is 9.23. The highest BCUT2D eigenvalue weighted by Gasteiger charge is 2.11. The van der Waals surface area contributed by atoms with E-state index in [1.54, 1.807) is 12.1 Å². The molecular weight excluding hydrogens is 356 g/mol. The molecule has 2 N–H and O–H groups in total. The van der Waals surface area contributed by atoms with E-state index in [0.717, 1.165) is 15.8 Å². The lowest BCUT2D eigenvalue weighted by atomic mass is 10.1. The Bertz CT molecular complexity index is 941. The average molecular weight is 373 g/mol. The van der Waals surface area contributed by atoms with Crippen LogP contribution in [0.2, 0.25) is 5.02 Å². The summed E-state index contributed by atoms with van der Waals surface area (Å²) in [6, 6.07) is 15.4. The maximum Gasteiger partial charge on any atom is 0.294 e. The Morgan fingerprint density at radius 1 is 1.12 bits per heavy atom. The van der Waals surface area contributed by atoms with E-state index in [4.69, 9.17) is 17.4 Å². The van der Waals surface area contributed by atoms with Crippen molar-refractivity contribution in [3.05, 3.63) is 86.3 Å². The zero-order valence-corrected chi connectivity index (χ0v) is 15.2. The van der Waals surface area contributed by atoms with E-state index in [9.17, 15) is 4.79 Å². The number of halogens is 1. The average Bonchev–Trinajstić information content (AvgIpc) is 2.60. The SMILES string of the molecule is Cc1cccc(CSc2nnc(Cc3ccc(Cl)cc3)c(=O)n2N)c1. The minimum Gasteiger partial charge on any atom is -0.334 e. The molecule has 7 heteroatoms. The number of rotatable bonds is 5. The summed E-state index contributed by atoms with van der Waals surface area (Å²) >= 11 is 7.26. The van der Waals surface area contributed by atoms with Crippen LogP contribution < -0.4 is 11.4 Å². The molecule has 0 radical (unpaired) electrons. The predicted octanol–water partition coefficient (Wildman–Crippen LogP) is 3.20. The lowest BCUT2D eigenvalue weighted by molar-refractivity contribution is 0.672. The number of nitrogens with two attached hydrogens (primary N) is 1. The van der Waals surface area contributed by atoms with Gasteiger partial charge in [-0.05, 0) is 30.2 Å². The van der Waals surface area contributed by atoms with Gasteiger partial charge in [0.25, 0.3) is 5.56 Å². The van der Waals surface area contributed by atoms with Gasteiger partial charge in [-0.15, -0.1) is 10.2 Å². The lowest BCUT2D eigenvalue weighted by Crippen LogP contribution is -2.33. The molecule has 0 amide bonds. The smallest absolute Gasteiger partial charge is 0.294 e. The van der Waals surface area contributed by atoms with Crippen molar-refractivity contribution in [1.29, 1.82) is 0 Å². The molecule has 5 nitrogen and oxygen atoms in total. The van der Waals surface area contributed by atoms with E-state index >= 15 is 0 Å². The van der Waals surface area contributed by atoms with Crippen LogP contribution in [-0.2, 0) is 12.2 Å². The molecule has 0 bridgehead atoms. The maximum atomic E-state index is 12.4. The van der Waals surface area contributed by atoms with Gasteiger partial charge in [0.05, 0.1) is 0 Å². The Morgan fingerprint density at radius 3 is 2.60 bits per heavy atom. The van der Waals surface area contributed by atoms with Crippen LogP contribution in [0.3, 0.4) is 0 Å². The molecule has 3 aromatic rings. The van der Waals surface area contributed by atoms with Crippen LogP contribution in [0.1, 0.15) is 22.4 Å². The van der Waals surface area contributed by atoms with Crippen LogP contribution in [0.25, 0.3) is 0 Å². The van der Waals surface area contributed by atoms with Gasteiger partial charge in [0.15, 0.2) is 0 Å². The van der Waals surface area contributed by atoms with Gasteiger partial charge in [-0.2, -0.15) is 4.68 Å². The number of hydrogen-bond acceptors (Lipinski definition) is 5. The van der Waals surface area contributed by atoms with Gasteiger partial charge in [-0.25, -0.2) is 0 Å². The van der Waals surface area contributed by atoms with E-state index in [1.165, 1.54) is 17.3 Å². The molecule has 25 heavy (non-hydrogen) atoms. The topological polar surface area (TPSA) is 73.8 Å². The largest absolute Gasteiger partial charge is 0.334 e. The van der Waals surface area contributed by atoms with E-state index < -0.39 is 0 Å². The first kappa shape index (κ1) is 17.5. The number of thioether (sulfide) groups is 1. The number of aryl methyl sites for hydroxylation is 1. The monoisotopic (exact) mass is 372 g/mol. The van der Waals surface area contributed by atoms with Crippen molar-refractivity contribution >= 4 is 23.4 Å². The van der Waals surface area contributed by atoms with E-state index in [0.29, 0.717) is 28.0 Å². The molecule has 2 aromatic carbocycles. The summed E-state index contributed by atoms with van der Waals surface area (Å²) < 4.78 is 1.07. The van der Waals surface area contributed by atoms with Gasteiger partial charge in [0.1, 0.15) is 5.69 Å². The zero-order chi connectivity index (χ0) is 17.8. The highest BCUT2D eigenvalue weighted by atomic mass is 35.5. The summed E-state index contributed by atoms with van der Waals surface area (Å²) in [7, 11) is 0. The van der Waals surface area contributed by atoms with Crippen molar-refractivity contribution in [2.75, 3.05) is 5.84 Å². The highest BCUT2D eigenvalue weighted by molar-refractivity contribution is 7.98. The standard InChI is InChI=1S/C18H17ClN4OS/c1-12-3-2-4-14(9-12)11-25-18-22-21-16(17(24)23(18)20)10-13-5-7-15(19)8-6-13/h2-9H,10-11,20H2,1H3. The number of nitrogens with zero attached hydrogens (tertiary/aromatic N) is 3. The third-order valence-electron chi connectivity index (χ3n) is 3.66. The van der Waals surface area contributed by atoms with Crippen molar-refractivity contribution in [2.45, 2.75) is 24.3 Å². The minimum absolute atomic E-state index is 0.310. The molecule has 0 aliphatic carbocycles. The number of nitrogen functional groups attached to an aromatic ring is 1. The summed E-state index contributed by atoms with van der Waals surface area (Å²) in [4.78, 5) is 12.4. The van der Waals surface area contributed by atoms with Crippen LogP contribution in [-0.4, -0.2) is 14.9 Å². The van der Waals surface area contributed by atoms with Crippen LogP contribution in [0.4, 0.5) is 0 Å². The third kappa shape index (κ3) is 4.41. The molecular formula is C18H17ClN4OS. The maximum absolute atomic E-state index is 12.4. The van der Waals surface area contributed by atoms with E-state index in [1.807, 2.05) is 37.3 Å². The Balaban J connectivity index is 1.75. The van der Waals surface area contributed by atoms with Gasteiger partial charge in [0.2, 0.25) is 5.16 Å². The lowest BCUT2D eigenvalue weighted by Gasteiger charge is -2.08. The minimum atomic E-state index is -0.336. The van der Waals surface area contributed by atoms with Crippen molar-refractivity contribution in [1.82, 2.24) is 14.9 Å². The molecule has 3 rings (SSSR count). The van der Waals surface area contributed by atoms with Crippen LogP contribution in [0.5, 0.6) is 0 Å². The van der Waals surface area contributed by atoms with Crippen LogP contribution in [0, 0.1) is 6.92 Å². The van der Waals surface area contributed by atoms with Gasteiger partial charge in [-0.3, -0.25) is 4.79 Å². The summed E-state index contributed by atoms with van der Waals surface area (Å²) in [5.74, 6) is 6.59. The van der Waals surface area contributed by atoms with Gasteiger partial charge >= 0.3 is 0 Å². The highest BCUT2D eigenvalue weighted by Crippen LogP contribution is 2.19. The molecule has 0 aliphatic rings. The van der Waals surface area contributed by atoms with Gasteiger partial charge < -0.3 is 5.84 Å². The van der Waals surface area contributed by atoms with Crippen molar-refractivity contribution in [3.8, 4) is 0 Å². The normalized spacial score (nSPS) is 10.8. The van der Waals surface area contributed by atoms with Crippen molar-refractivity contribution < 1.29 is 0 Å². The second-order valence-electron chi connectivity index (χ2n) is 5.69. The van der Waals surface area contributed by atoms with Crippen molar-refractivity contribution in [3.63, 3.8) is 0 Å². The summed E-state index contributed by atoms with van der Waals surface area (Å²) in [6.07, 6.45) is 0.364. The molecule has 0 fully saturated rings. The quantitative estimate of drug-likeness (QED) is 0.550. The van der Waals surface area contributed by atoms with E-state index in [2.05, 4.69) is 16.3 Å². The first-order valence-corrected chi connectivity index (χ1v) is 9.06. The molecule has 0 saturated carbocycles. The van der Waals surface area contributed by atoms with E-state index in [-0.39, 0.29) is 5.56 Å². The summed E-state index contributed by atoms with van der Waals surface area (Å²) in [6.45, 7) is 2.04. The fraction of sp³-hybridized carbons (Fsp3) is 0.167. The second kappa shape index (κ2) is 7.72. The molecule has 1 heterocycles. The fourth-order valence-corrected chi connectivity index (χ4v) is 3.30. The number of aromatic nitrogens is 3. The Kier molecular flexibility index (Phi) is 5.40. The Morgan fingerprint density at radius 2 is 1.88 bits per heavy atom. The molecule has 0 saturated heterocycles. The molecule has 0 spiro atoms. The van der Waals surface area contributed by atoms with Gasteiger partial charge in [-0.1, -0.05) is 65.3 Å². The van der Waals surface area contributed by atoms with Gasteiger partial charge in [0, 0.05) is 17.2 Å². The first-order chi connectivity index (χ1) is 12.0.